The molecule has 3 rings (SSSR count). The number of hydrogen-bond acceptors (Lipinski definition) is 4. The van der Waals surface area contributed by atoms with Crippen LogP contribution in [0.4, 0.5) is 5.69 Å². The van der Waals surface area contributed by atoms with Gasteiger partial charge in [0, 0.05) is 31.7 Å². The Kier molecular flexibility index (Phi) is 6.48. The molecule has 0 aromatic heterocycles. The van der Waals surface area contributed by atoms with Crippen LogP contribution in [0.1, 0.15) is 22.8 Å². The van der Waals surface area contributed by atoms with Gasteiger partial charge in [-0.3, -0.25) is 0 Å². The molecule has 2 aromatic rings. The summed E-state index contributed by atoms with van der Waals surface area (Å²) in [7, 11) is 1.38. The smallest absolute Gasteiger partial charge is 0.337 e. The van der Waals surface area contributed by atoms with Crippen molar-refractivity contribution in [3.05, 3.63) is 64.7 Å². The van der Waals surface area contributed by atoms with Crippen LogP contribution in [0.5, 0.6) is 0 Å². The summed E-state index contributed by atoms with van der Waals surface area (Å²) in [5, 5.41) is 0.619. The summed E-state index contributed by atoms with van der Waals surface area (Å²) < 4.78 is 4.79. The molecule has 1 aliphatic heterocycles. The van der Waals surface area contributed by atoms with Gasteiger partial charge < -0.3 is 14.5 Å². The number of piperazine rings is 1. The van der Waals surface area contributed by atoms with Crippen LogP contribution in [0.15, 0.2) is 53.5 Å². The molecule has 0 aliphatic carbocycles. The average Bonchev–Trinajstić information content (AvgIpc) is 2.73. The first-order valence-corrected chi connectivity index (χ1v) is 9.49. The Labute approximate surface area is 165 Å². The first-order valence-electron chi connectivity index (χ1n) is 9.11. The van der Waals surface area contributed by atoms with Crippen molar-refractivity contribution in [1.29, 1.82) is 0 Å². The Morgan fingerprint density at radius 1 is 1.04 bits per heavy atom. The van der Waals surface area contributed by atoms with Crippen LogP contribution in [-0.4, -0.2) is 61.4 Å². The normalized spacial score (nSPS) is 15.7. The fourth-order valence-corrected chi connectivity index (χ4v) is 3.30. The van der Waals surface area contributed by atoms with E-state index in [1.165, 1.54) is 7.11 Å². The molecule has 1 aliphatic rings. The molecule has 0 unspecified atom stereocenters. The molecule has 0 spiro atoms. The van der Waals surface area contributed by atoms with E-state index in [-0.39, 0.29) is 5.97 Å². The zero-order valence-corrected chi connectivity index (χ0v) is 16.4. The van der Waals surface area contributed by atoms with Gasteiger partial charge in [0.15, 0.2) is 0 Å². The van der Waals surface area contributed by atoms with E-state index in [9.17, 15) is 4.79 Å². The topological polar surface area (TPSA) is 45.1 Å². The van der Waals surface area contributed by atoms with Gasteiger partial charge in [-0.1, -0.05) is 42.8 Å². The molecule has 1 saturated heterocycles. The molecule has 1 heterocycles. The summed E-state index contributed by atoms with van der Waals surface area (Å²) in [6, 6.07) is 14.9. The van der Waals surface area contributed by atoms with Crippen LogP contribution in [0.3, 0.4) is 0 Å². The molecule has 0 bridgehead atoms. The zero-order valence-electron chi connectivity index (χ0n) is 15.7. The second-order valence-electron chi connectivity index (χ2n) is 6.38. The van der Waals surface area contributed by atoms with Crippen LogP contribution in [0.2, 0.25) is 5.02 Å². The van der Waals surface area contributed by atoms with E-state index in [2.05, 4.69) is 16.7 Å². The van der Waals surface area contributed by atoms with Crippen molar-refractivity contribution >= 4 is 29.1 Å². The average molecular weight is 386 g/mol. The molecule has 0 amide bonds. The third-order valence-corrected chi connectivity index (χ3v) is 5.08. The standard InChI is InChI=1S/C21H24ClN3O2/c1-3-24-12-14-25(15-13-24)20(23-19-7-5-4-6-18(19)22)16-8-10-17(11-9-16)21(26)27-2/h4-11H,3,12-15H2,1-2H3. The molecule has 27 heavy (non-hydrogen) atoms. The first-order chi connectivity index (χ1) is 13.1. The number of carbonyl (C=O) groups is 1. The predicted molar refractivity (Wildman–Crippen MR) is 109 cm³/mol. The number of para-hydroxylation sites is 1. The Morgan fingerprint density at radius 2 is 1.67 bits per heavy atom. The number of aliphatic imine (C=N–C) groups is 1. The Balaban J connectivity index is 1.95. The van der Waals surface area contributed by atoms with Crippen LogP contribution < -0.4 is 0 Å². The van der Waals surface area contributed by atoms with Gasteiger partial charge in [-0.2, -0.15) is 0 Å². The van der Waals surface area contributed by atoms with Gasteiger partial charge in [-0.15, -0.1) is 0 Å². The quantitative estimate of drug-likeness (QED) is 0.455. The second-order valence-corrected chi connectivity index (χ2v) is 6.78. The highest BCUT2D eigenvalue weighted by molar-refractivity contribution is 6.33. The number of nitrogens with zero attached hydrogens (tertiary/aromatic N) is 3. The zero-order chi connectivity index (χ0) is 19.2. The van der Waals surface area contributed by atoms with Gasteiger partial charge in [0.25, 0.3) is 0 Å². The van der Waals surface area contributed by atoms with Crippen LogP contribution in [0, 0.1) is 0 Å². The van der Waals surface area contributed by atoms with Crippen molar-refractivity contribution in [2.45, 2.75) is 6.92 Å². The van der Waals surface area contributed by atoms with Gasteiger partial charge in [-0.05, 0) is 30.8 Å². The maximum Gasteiger partial charge on any atom is 0.337 e. The fourth-order valence-electron chi connectivity index (χ4n) is 3.12. The van der Waals surface area contributed by atoms with E-state index >= 15 is 0 Å². The number of amidine groups is 1. The number of methoxy groups -OCH3 is 1. The van der Waals surface area contributed by atoms with Crippen LogP contribution in [-0.2, 0) is 4.74 Å². The summed E-state index contributed by atoms with van der Waals surface area (Å²) in [6.07, 6.45) is 0. The van der Waals surface area contributed by atoms with Crippen molar-refractivity contribution in [1.82, 2.24) is 9.80 Å². The van der Waals surface area contributed by atoms with Gasteiger partial charge in [0.2, 0.25) is 0 Å². The Hall–Kier alpha value is -2.37. The van der Waals surface area contributed by atoms with Gasteiger partial charge in [0.1, 0.15) is 5.84 Å². The van der Waals surface area contributed by atoms with Crippen molar-refractivity contribution in [2.75, 3.05) is 39.8 Å². The molecule has 2 aromatic carbocycles. The number of benzene rings is 2. The highest BCUT2D eigenvalue weighted by Crippen LogP contribution is 2.26. The minimum atomic E-state index is -0.345. The van der Waals surface area contributed by atoms with Crippen molar-refractivity contribution in [2.24, 2.45) is 4.99 Å². The summed E-state index contributed by atoms with van der Waals surface area (Å²) in [4.78, 5) is 21.3. The maximum atomic E-state index is 11.7. The molecule has 0 saturated carbocycles. The number of rotatable bonds is 4. The largest absolute Gasteiger partial charge is 0.465 e. The first kappa shape index (κ1) is 19.4. The van der Waals surface area contributed by atoms with E-state index in [4.69, 9.17) is 21.3 Å². The summed E-state index contributed by atoms with van der Waals surface area (Å²) in [5.41, 5.74) is 2.21. The highest BCUT2D eigenvalue weighted by Gasteiger charge is 2.21. The minimum absolute atomic E-state index is 0.345. The maximum absolute atomic E-state index is 11.7. The van der Waals surface area contributed by atoms with Gasteiger partial charge >= 0.3 is 5.97 Å². The van der Waals surface area contributed by atoms with E-state index in [0.29, 0.717) is 10.6 Å². The number of carbonyl (C=O) groups excluding carboxylic acids is 1. The summed E-state index contributed by atoms with van der Waals surface area (Å²) >= 11 is 6.33. The highest BCUT2D eigenvalue weighted by atomic mass is 35.5. The minimum Gasteiger partial charge on any atom is -0.465 e. The molecule has 1 fully saturated rings. The summed E-state index contributed by atoms with van der Waals surface area (Å²) in [5.74, 6) is 0.526. The lowest BCUT2D eigenvalue weighted by Crippen LogP contribution is -2.48. The Morgan fingerprint density at radius 3 is 2.26 bits per heavy atom. The molecule has 5 nitrogen and oxygen atoms in total. The van der Waals surface area contributed by atoms with Crippen LogP contribution in [0.25, 0.3) is 0 Å². The van der Waals surface area contributed by atoms with Crippen molar-refractivity contribution in [3.63, 3.8) is 0 Å². The lowest BCUT2D eigenvalue weighted by Gasteiger charge is -2.36. The molecule has 0 N–H and O–H groups in total. The number of hydrogen-bond donors (Lipinski definition) is 0. The molecule has 142 valence electrons. The van der Waals surface area contributed by atoms with E-state index < -0.39 is 0 Å². The number of ether oxygens (including phenoxy) is 1. The van der Waals surface area contributed by atoms with E-state index in [1.54, 1.807) is 12.1 Å². The third kappa shape index (κ3) is 4.67. The molecule has 0 radical (unpaired) electrons. The SMILES string of the molecule is CCN1CCN(C(=Nc2ccccc2Cl)c2ccc(C(=O)OC)cc2)CC1. The second kappa shape index (κ2) is 9.02. The van der Waals surface area contributed by atoms with Crippen molar-refractivity contribution in [3.8, 4) is 0 Å². The third-order valence-electron chi connectivity index (χ3n) is 4.76. The monoisotopic (exact) mass is 385 g/mol. The molecular formula is C21H24ClN3O2. The number of likely N-dealkylation sites (N-methyl/N-ethyl adjacent to an activating group) is 1. The van der Waals surface area contributed by atoms with Gasteiger partial charge in [0.05, 0.1) is 23.4 Å². The molecule has 0 atom stereocenters. The van der Waals surface area contributed by atoms with Crippen LogP contribution >= 0.6 is 11.6 Å². The van der Waals surface area contributed by atoms with Gasteiger partial charge in [-0.25, -0.2) is 9.79 Å². The molecule has 6 heteroatoms. The molecular weight excluding hydrogens is 362 g/mol. The lowest BCUT2D eigenvalue weighted by molar-refractivity contribution is 0.0600. The van der Waals surface area contributed by atoms with Crippen molar-refractivity contribution < 1.29 is 9.53 Å². The van der Waals surface area contributed by atoms with E-state index in [1.807, 2.05) is 36.4 Å². The summed E-state index contributed by atoms with van der Waals surface area (Å²) in [6.45, 7) is 7.03. The van der Waals surface area contributed by atoms with E-state index in [0.717, 1.165) is 49.8 Å². The Bertz CT molecular complexity index is 812. The number of halogens is 1. The fraction of sp³-hybridized carbons (Fsp3) is 0.333. The lowest BCUT2D eigenvalue weighted by atomic mass is 10.1. The number of esters is 1. The predicted octanol–water partition coefficient (Wildman–Crippen LogP) is 3.84.